The van der Waals surface area contributed by atoms with Gasteiger partial charge in [0.05, 0.1) is 11.3 Å². The Bertz CT molecular complexity index is 1010. The van der Waals surface area contributed by atoms with Crippen molar-refractivity contribution in [3.05, 3.63) is 69.9 Å². The predicted octanol–water partition coefficient (Wildman–Crippen LogP) is 4.69. The molecule has 29 heavy (non-hydrogen) atoms. The van der Waals surface area contributed by atoms with Gasteiger partial charge in [0.15, 0.2) is 0 Å². The number of imide groups is 1. The van der Waals surface area contributed by atoms with Gasteiger partial charge in [-0.25, -0.2) is 4.90 Å². The van der Waals surface area contributed by atoms with Gasteiger partial charge in [-0.2, -0.15) is 0 Å². The van der Waals surface area contributed by atoms with E-state index in [1.165, 1.54) is 11.3 Å². The summed E-state index contributed by atoms with van der Waals surface area (Å²) in [5.41, 5.74) is 6.90. The van der Waals surface area contributed by atoms with Gasteiger partial charge in [-0.3, -0.25) is 9.59 Å². The molecule has 4 nitrogen and oxygen atoms in total. The maximum atomic E-state index is 13.7. The minimum Gasteiger partial charge on any atom is -0.366 e. The fourth-order valence-electron chi connectivity index (χ4n) is 4.58. The molecule has 2 aliphatic rings. The number of hydrogen-bond donors (Lipinski definition) is 0. The summed E-state index contributed by atoms with van der Waals surface area (Å²) in [5, 5.41) is 0. The molecular formula is C25H28N2O2. The summed E-state index contributed by atoms with van der Waals surface area (Å²) < 4.78 is 0. The van der Waals surface area contributed by atoms with Gasteiger partial charge in [-0.15, -0.1) is 0 Å². The van der Waals surface area contributed by atoms with Gasteiger partial charge in [0.25, 0.3) is 11.8 Å². The fourth-order valence-corrected chi connectivity index (χ4v) is 4.58. The quantitative estimate of drug-likeness (QED) is 0.716. The van der Waals surface area contributed by atoms with Gasteiger partial charge in [-0.05, 0) is 81.3 Å². The zero-order chi connectivity index (χ0) is 20.7. The Hall–Kier alpha value is -2.88. The number of benzene rings is 2. The van der Waals surface area contributed by atoms with Gasteiger partial charge in [0.1, 0.15) is 5.70 Å². The third kappa shape index (κ3) is 3.48. The smallest absolute Gasteiger partial charge is 0.282 e. The van der Waals surface area contributed by atoms with E-state index in [-0.39, 0.29) is 11.8 Å². The Kier molecular flexibility index (Phi) is 5.03. The monoisotopic (exact) mass is 388 g/mol. The topological polar surface area (TPSA) is 40.6 Å². The van der Waals surface area contributed by atoms with Crippen LogP contribution in [0.3, 0.4) is 0 Å². The first kappa shape index (κ1) is 19.4. The third-order valence-corrected chi connectivity index (χ3v) is 5.85. The molecule has 0 radical (unpaired) electrons. The second-order valence-corrected chi connectivity index (χ2v) is 8.38. The maximum Gasteiger partial charge on any atom is 0.282 e. The number of aryl methyl sites for hydroxylation is 4. The highest BCUT2D eigenvalue weighted by atomic mass is 16.2. The zero-order valence-corrected chi connectivity index (χ0v) is 17.7. The molecule has 0 atom stereocenters. The highest BCUT2D eigenvalue weighted by Gasteiger charge is 2.43. The van der Waals surface area contributed by atoms with Crippen molar-refractivity contribution in [1.29, 1.82) is 0 Å². The van der Waals surface area contributed by atoms with Crippen LogP contribution in [0, 0.1) is 27.7 Å². The first-order chi connectivity index (χ1) is 13.9. The van der Waals surface area contributed by atoms with E-state index >= 15 is 0 Å². The second kappa shape index (κ2) is 7.51. The SMILES string of the molecule is Cc1cc(C)cc(N2C(=O)C(c3ccc(C)cc3C)=C(N3CCCCC3)C2=O)c1. The van der Waals surface area contributed by atoms with E-state index in [2.05, 4.69) is 17.0 Å². The summed E-state index contributed by atoms with van der Waals surface area (Å²) in [6.07, 6.45) is 3.27. The molecular weight excluding hydrogens is 360 g/mol. The van der Waals surface area contributed by atoms with Crippen LogP contribution >= 0.6 is 0 Å². The van der Waals surface area contributed by atoms with Crippen LogP contribution in [0.2, 0.25) is 0 Å². The van der Waals surface area contributed by atoms with E-state index in [9.17, 15) is 9.59 Å². The lowest BCUT2D eigenvalue weighted by molar-refractivity contribution is -0.120. The molecule has 0 spiro atoms. The van der Waals surface area contributed by atoms with Crippen LogP contribution in [0.4, 0.5) is 5.69 Å². The standard InChI is InChI=1S/C25H28N2O2/c1-16-8-9-21(19(4)13-16)22-23(26-10-6-5-7-11-26)25(29)27(24(22)28)20-14-17(2)12-18(3)15-20/h8-9,12-15H,5-7,10-11H2,1-4H3. The molecule has 2 aliphatic heterocycles. The van der Waals surface area contributed by atoms with Gasteiger partial charge in [0, 0.05) is 13.1 Å². The molecule has 0 aromatic heterocycles. The number of piperidine rings is 1. The van der Waals surface area contributed by atoms with Crippen molar-refractivity contribution in [3.8, 4) is 0 Å². The van der Waals surface area contributed by atoms with Crippen LogP contribution in [0.15, 0.2) is 42.1 Å². The van der Waals surface area contributed by atoms with Crippen LogP contribution in [0.5, 0.6) is 0 Å². The van der Waals surface area contributed by atoms with Crippen molar-refractivity contribution < 1.29 is 9.59 Å². The van der Waals surface area contributed by atoms with Gasteiger partial charge >= 0.3 is 0 Å². The number of hydrogen-bond acceptors (Lipinski definition) is 3. The highest BCUT2D eigenvalue weighted by molar-refractivity contribution is 6.45. The molecule has 4 rings (SSSR count). The number of anilines is 1. The molecule has 1 fully saturated rings. The number of amides is 2. The second-order valence-electron chi connectivity index (χ2n) is 8.38. The molecule has 0 unspecified atom stereocenters. The molecule has 2 aromatic carbocycles. The molecule has 0 saturated carbocycles. The fraction of sp³-hybridized carbons (Fsp3) is 0.360. The van der Waals surface area contributed by atoms with Gasteiger partial charge in [-0.1, -0.05) is 29.8 Å². The van der Waals surface area contributed by atoms with Crippen molar-refractivity contribution in [1.82, 2.24) is 4.90 Å². The molecule has 4 heteroatoms. The molecule has 2 amide bonds. The molecule has 150 valence electrons. The molecule has 0 aliphatic carbocycles. The number of nitrogens with zero attached hydrogens (tertiary/aromatic N) is 2. The molecule has 2 aromatic rings. The van der Waals surface area contributed by atoms with E-state index in [1.807, 2.05) is 52.0 Å². The van der Waals surface area contributed by atoms with Crippen molar-refractivity contribution in [2.75, 3.05) is 18.0 Å². The normalized spacial score (nSPS) is 17.5. The average Bonchev–Trinajstić information content (AvgIpc) is 2.92. The third-order valence-electron chi connectivity index (χ3n) is 5.85. The molecule has 1 saturated heterocycles. The summed E-state index contributed by atoms with van der Waals surface area (Å²) in [6, 6.07) is 12.0. The summed E-state index contributed by atoms with van der Waals surface area (Å²) in [4.78, 5) is 30.8. The Morgan fingerprint density at radius 1 is 0.724 bits per heavy atom. The van der Waals surface area contributed by atoms with E-state index < -0.39 is 0 Å². The van der Waals surface area contributed by atoms with Crippen molar-refractivity contribution >= 4 is 23.1 Å². The minimum atomic E-state index is -0.215. The van der Waals surface area contributed by atoms with Crippen LogP contribution in [-0.2, 0) is 9.59 Å². The van der Waals surface area contributed by atoms with E-state index in [1.54, 1.807) is 0 Å². The summed E-state index contributed by atoms with van der Waals surface area (Å²) in [5.74, 6) is -0.413. The highest BCUT2D eigenvalue weighted by Crippen LogP contribution is 2.37. The Labute approximate surface area is 172 Å². The van der Waals surface area contributed by atoms with Crippen LogP contribution in [0.1, 0.15) is 47.1 Å². The molecule has 2 heterocycles. The number of carbonyl (C=O) groups is 2. The van der Waals surface area contributed by atoms with Crippen LogP contribution in [-0.4, -0.2) is 29.8 Å². The number of carbonyl (C=O) groups excluding carboxylic acids is 2. The van der Waals surface area contributed by atoms with E-state index in [0.717, 1.165) is 53.7 Å². The predicted molar refractivity (Wildman–Crippen MR) is 117 cm³/mol. The maximum absolute atomic E-state index is 13.7. The van der Waals surface area contributed by atoms with E-state index in [0.29, 0.717) is 17.0 Å². The summed E-state index contributed by atoms with van der Waals surface area (Å²) >= 11 is 0. The Morgan fingerprint density at radius 2 is 1.38 bits per heavy atom. The van der Waals surface area contributed by atoms with E-state index in [4.69, 9.17) is 0 Å². The van der Waals surface area contributed by atoms with Gasteiger partial charge < -0.3 is 4.90 Å². The largest absolute Gasteiger partial charge is 0.366 e. The lowest BCUT2D eigenvalue weighted by Crippen LogP contribution is -2.37. The average molecular weight is 389 g/mol. The Balaban J connectivity index is 1.88. The lowest BCUT2D eigenvalue weighted by Gasteiger charge is -2.29. The first-order valence-corrected chi connectivity index (χ1v) is 10.4. The van der Waals surface area contributed by atoms with Crippen molar-refractivity contribution in [3.63, 3.8) is 0 Å². The lowest BCUT2D eigenvalue weighted by atomic mass is 9.96. The minimum absolute atomic E-state index is 0.197. The zero-order valence-electron chi connectivity index (χ0n) is 17.7. The van der Waals surface area contributed by atoms with Crippen LogP contribution in [0.25, 0.3) is 5.57 Å². The van der Waals surface area contributed by atoms with Crippen molar-refractivity contribution in [2.45, 2.75) is 47.0 Å². The number of rotatable bonds is 3. The Morgan fingerprint density at radius 3 is 2.00 bits per heavy atom. The van der Waals surface area contributed by atoms with Crippen LogP contribution < -0.4 is 4.90 Å². The first-order valence-electron chi connectivity index (χ1n) is 10.4. The number of likely N-dealkylation sites (tertiary alicyclic amines) is 1. The summed E-state index contributed by atoms with van der Waals surface area (Å²) in [6.45, 7) is 9.69. The molecule has 0 bridgehead atoms. The van der Waals surface area contributed by atoms with Gasteiger partial charge in [0.2, 0.25) is 0 Å². The molecule has 0 N–H and O–H groups in total. The van der Waals surface area contributed by atoms with Crippen molar-refractivity contribution in [2.24, 2.45) is 0 Å². The summed E-state index contributed by atoms with van der Waals surface area (Å²) in [7, 11) is 0.